The molecule has 0 radical (unpaired) electrons. The number of rotatable bonds is 2. The van der Waals surface area contributed by atoms with Crippen LogP contribution in [0.25, 0.3) is 0 Å². The second-order valence-electron chi connectivity index (χ2n) is 8.14. The number of fused-ring (bicyclic) bond motifs is 2. The van der Waals surface area contributed by atoms with Gasteiger partial charge < -0.3 is 14.7 Å². The molecule has 2 saturated heterocycles. The van der Waals surface area contributed by atoms with Crippen LogP contribution < -0.4 is 0 Å². The Morgan fingerprint density at radius 3 is 2.39 bits per heavy atom. The molecule has 4 rings (SSSR count). The highest BCUT2D eigenvalue weighted by molar-refractivity contribution is 6.30. The number of hydrogen-bond acceptors (Lipinski definition) is 3. The first-order chi connectivity index (χ1) is 10.7. The summed E-state index contributed by atoms with van der Waals surface area (Å²) in [5.74, 6) is 0. The number of ether oxygens (including phenoxy) is 1. The van der Waals surface area contributed by atoms with Crippen LogP contribution in [0.5, 0.6) is 0 Å². The van der Waals surface area contributed by atoms with Crippen LogP contribution in [0, 0.1) is 5.41 Å². The largest absolute Gasteiger partial charge is 0.444 e. The van der Waals surface area contributed by atoms with Gasteiger partial charge in [0.1, 0.15) is 5.60 Å². The lowest BCUT2D eigenvalue weighted by Crippen LogP contribution is -2.67. The maximum Gasteiger partial charge on any atom is 0.410 e. The number of amides is 1. The van der Waals surface area contributed by atoms with Crippen LogP contribution in [0.1, 0.15) is 39.2 Å². The minimum atomic E-state index is -0.515. The van der Waals surface area contributed by atoms with E-state index in [1.165, 1.54) is 5.56 Å². The number of carbonyl (C=O) groups is 1. The third-order valence-electron chi connectivity index (χ3n) is 4.89. The highest BCUT2D eigenvalue weighted by Crippen LogP contribution is 2.59. The van der Waals surface area contributed by atoms with E-state index in [1.807, 2.05) is 45.0 Å². The summed E-state index contributed by atoms with van der Waals surface area (Å²) in [4.78, 5) is 14.2. The standard InChI is InChI=1S/C18H24ClNO3/c1-16(2,3)23-15(22)20-10-17(12-21)8-18(9-17,11-20)13-4-6-14(19)7-5-13/h4-7,21H,8-12H2,1-3H3. The molecular formula is C18H24ClNO3. The smallest absolute Gasteiger partial charge is 0.410 e. The molecule has 4 nitrogen and oxygen atoms in total. The van der Waals surface area contributed by atoms with Crippen LogP contribution in [-0.2, 0) is 10.2 Å². The van der Waals surface area contributed by atoms with Crippen molar-refractivity contribution >= 4 is 17.7 Å². The van der Waals surface area contributed by atoms with Crippen molar-refractivity contribution in [3.63, 3.8) is 0 Å². The Bertz CT molecular complexity index is 600. The number of aliphatic hydroxyl groups is 1. The molecule has 0 aromatic heterocycles. The zero-order valence-electron chi connectivity index (χ0n) is 13.9. The zero-order chi connectivity index (χ0) is 16.9. The fourth-order valence-electron chi connectivity index (χ4n) is 4.15. The zero-order valence-corrected chi connectivity index (χ0v) is 14.7. The van der Waals surface area contributed by atoms with E-state index in [0.717, 1.165) is 12.8 Å². The molecule has 2 bridgehead atoms. The minimum Gasteiger partial charge on any atom is -0.444 e. The van der Waals surface area contributed by atoms with Crippen LogP contribution in [0.2, 0.25) is 5.02 Å². The predicted octanol–water partition coefficient (Wildman–Crippen LogP) is 3.60. The van der Waals surface area contributed by atoms with Gasteiger partial charge in [0.05, 0.1) is 6.61 Å². The van der Waals surface area contributed by atoms with Gasteiger partial charge in [0, 0.05) is 28.9 Å². The molecule has 1 amide bonds. The minimum absolute atomic E-state index is 0.0948. The van der Waals surface area contributed by atoms with Crippen molar-refractivity contribution in [2.45, 2.75) is 44.6 Å². The van der Waals surface area contributed by atoms with E-state index in [-0.39, 0.29) is 23.5 Å². The number of nitrogens with zero attached hydrogens (tertiary/aromatic N) is 1. The highest BCUT2D eigenvalue weighted by Gasteiger charge is 2.61. The third kappa shape index (κ3) is 3.07. The van der Waals surface area contributed by atoms with Gasteiger partial charge in [0.15, 0.2) is 0 Å². The van der Waals surface area contributed by atoms with Crippen molar-refractivity contribution in [2.24, 2.45) is 5.41 Å². The molecule has 0 spiro atoms. The quantitative estimate of drug-likeness (QED) is 0.897. The molecule has 5 heteroatoms. The second-order valence-corrected chi connectivity index (χ2v) is 8.57. The lowest BCUT2D eigenvalue weighted by atomic mass is 9.48. The average Bonchev–Trinajstić information content (AvgIpc) is 2.45. The fraction of sp³-hybridized carbons (Fsp3) is 0.611. The van der Waals surface area contributed by atoms with Gasteiger partial charge in [0.2, 0.25) is 0 Å². The predicted molar refractivity (Wildman–Crippen MR) is 89.7 cm³/mol. The van der Waals surface area contributed by atoms with Gasteiger partial charge in [-0.05, 0) is 51.3 Å². The molecule has 2 heterocycles. The Morgan fingerprint density at radius 1 is 1.26 bits per heavy atom. The van der Waals surface area contributed by atoms with E-state index >= 15 is 0 Å². The molecular weight excluding hydrogens is 314 g/mol. The average molecular weight is 338 g/mol. The van der Waals surface area contributed by atoms with Crippen molar-refractivity contribution in [3.05, 3.63) is 34.9 Å². The summed E-state index contributed by atoms with van der Waals surface area (Å²) in [6, 6.07) is 7.83. The van der Waals surface area contributed by atoms with E-state index < -0.39 is 5.60 Å². The molecule has 1 saturated carbocycles. The van der Waals surface area contributed by atoms with Crippen molar-refractivity contribution in [2.75, 3.05) is 19.7 Å². The van der Waals surface area contributed by atoms with E-state index in [2.05, 4.69) is 0 Å². The first-order valence-corrected chi connectivity index (χ1v) is 8.40. The number of hydrogen-bond donors (Lipinski definition) is 1. The summed E-state index contributed by atoms with van der Waals surface area (Å²) < 4.78 is 5.52. The molecule has 2 aliphatic heterocycles. The number of carbonyl (C=O) groups excluding carboxylic acids is 1. The van der Waals surface area contributed by atoms with E-state index in [9.17, 15) is 9.90 Å². The lowest BCUT2D eigenvalue weighted by Gasteiger charge is -2.63. The molecule has 0 unspecified atom stereocenters. The fourth-order valence-corrected chi connectivity index (χ4v) is 4.28. The number of piperidine rings is 2. The lowest BCUT2D eigenvalue weighted by molar-refractivity contribution is -0.112. The molecule has 1 aromatic carbocycles. The molecule has 1 aliphatic carbocycles. The Morgan fingerprint density at radius 2 is 1.87 bits per heavy atom. The number of aliphatic hydroxyl groups excluding tert-OH is 1. The summed E-state index contributed by atoms with van der Waals surface area (Å²) in [6.07, 6.45) is 1.50. The van der Waals surface area contributed by atoms with Gasteiger partial charge in [-0.25, -0.2) is 4.79 Å². The number of halogens is 1. The molecule has 3 fully saturated rings. The van der Waals surface area contributed by atoms with Crippen LogP contribution in [0.3, 0.4) is 0 Å². The Kier molecular flexibility index (Phi) is 3.88. The van der Waals surface area contributed by atoms with Gasteiger partial charge >= 0.3 is 6.09 Å². The monoisotopic (exact) mass is 337 g/mol. The first kappa shape index (κ1) is 16.6. The molecule has 3 aliphatic rings. The molecule has 1 aromatic rings. The van der Waals surface area contributed by atoms with Gasteiger partial charge in [-0.1, -0.05) is 23.7 Å². The Labute approximate surface area is 142 Å². The molecule has 0 atom stereocenters. The summed E-state index contributed by atoms with van der Waals surface area (Å²) in [7, 11) is 0. The maximum atomic E-state index is 12.5. The summed E-state index contributed by atoms with van der Waals surface area (Å²) >= 11 is 5.99. The first-order valence-electron chi connectivity index (χ1n) is 8.02. The molecule has 126 valence electrons. The van der Waals surface area contributed by atoms with E-state index in [0.29, 0.717) is 18.1 Å². The highest BCUT2D eigenvalue weighted by atomic mass is 35.5. The van der Waals surface area contributed by atoms with Crippen LogP contribution >= 0.6 is 11.6 Å². The van der Waals surface area contributed by atoms with Crippen molar-refractivity contribution in [3.8, 4) is 0 Å². The van der Waals surface area contributed by atoms with Gasteiger partial charge in [-0.15, -0.1) is 0 Å². The van der Waals surface area contributed by atoms with E-state index in [4.69, 9.17) is 16.3 Å². The van der Waals surface area contributed by atoms with Crippen LogP contribution in [0.15, 0.2) is 24.3 Å². The number of benzene rings is 1. The van der Waals surface area contributed by atoms with Gasteiger partial charge in [-0.3, -0.25) is 0 Å². The van der Waals surface area contributed by atoms with Crippen molar-refractivity contribution in [1.82, 2.24) is 4.90 Å². The third-order valence-corrected chi connectivity index (χ3v) is 5.14. The summed E-state index contributed by atoms with van der Waals surface area (Å²) in [5.41, 5.74) is 0.370. The molecule has 1 N–H and O–H groups in total. The normalized spacial score (nSPS) is 29.9. The van der Waals surface area contributed by atoms with Crippen LogP contribution in [0.4, 0.5) is 4.79 Å². The molecule has 23 heavy (non-hydrogen) atoms. The van der Waals surface area contributed by atoms with E-state index in [1.54, 1.807) is 4.90 Å². The summed E-state index contributed by atoms with van der Waals surface area (Å²) in [6.45, 7) is 6.89. The van der Waals surface area contributed by atoms with Crippen molar-refractivity contribution < 1.29 is 14.6 Å². The summed E-state index contributed by atoms with van der Waals surface area (Å²) in [5, 5.41) is 10.5. The Balaban J connectivity index is 1.84. The van der Waals surface area contributed by atoms with Crippen LogP contribution in [-0.4, -0.2) is 41.4 Å². The van der Waals surface area contributed by atoms with Gasteiger partial charge in [0.25, 0.3) is 0 Å². The topological polar surface area (TPSA) is 49.8 Å². The Hall–Kier alpha value is -1.26. The SMILES string of the molecule is CC(C)(C)OC(=O)N1CC2(CO)CC(c3ccc(Cl)cc3)(C1)C2. The second kappa shape index (κ2) is 5.38. The van der Waals surface area contributed by atoms with Gasteiger partial charge in [-0.2, -0.15) is 0 Å². The maximum absolute atomic E-state index is 12.5. The van der Waals surface area contributed by atoms with Crippen molar-refractivity contribution in [1.29, 1.82) is 0 Å².